The molecule has 0 bridgehead atoms. The van der Waals surface area contributed by atoms with E-state index < -0.39 is 0 Å². The van der Waals surface area contributed by atoms with E-state index in [9.17, 15) is 4.79 Å². The Labute approximate surface area is 124 Å². The Bertz CT molecular complexity index is 628. The van der Waals surface area contributed by atoms with Crippen LogP contribution in [0.2, 0.25) is 0 Å². The Balaban J connectivity index is 1.72. The summed E-state index contributed by atoms with van der Waals surface area (Å²) in [5.41, 5.74) is 1.94. The van der Waals surface area contributed by atoms with Crippen molar-refractivity contribution >= 4 is 16.8 Å². The smallest absolute Gasteiger partial charge is 0.227 e. The predicted octanol–water partition coefficient (Wildman–Crippen LogP) is 2.41. The number of ether oxygens (including phenoxy) is 1. The quantitative estimate of drug-likeness (QED) is 0.869. The molecule has 1 aliphatic heterocycles. The molecule has 1 saturated heterocycles. The lowest BCUT2D eigenvalue weighted by atomic mass is 10.0. The summed E-state index contributed by atoms with van der Waals surface area (Å²) in [4.78, 5) is 18.8. The van der Waals surface area contributed by atoms with E-state index in [0.29, 0.717) is 12.5 Å². The summed E-state index contributed by atoms with van der Waals surface area (Å²) in [5, 5.41) is 1.08. The molecule has 2 heterocycles. The molecule has 21 heavy (non-hydrogen) atoms. The van der Waals surface area contributed by atoms with Crippen LogP contribution in [0.4, 0.5) is 0 Å². The molecule has 1 amide bonds. The molecule has 0 aliphatic carbocycles. The average molecular weight is 284 g/mol. The monoisotopic (exact) mass is 284 g/mol. The molecule has 3 rings (SSSR count). The lowest BCUT2D eigenvalue weighted by molar-refractivity contribution is -0.132. The third kappa shape index (κ3) is 3.05. The first kappa shape index (κ1) is 14.0. The number of rotatable bonds is 3. The van der Waals surface area contributed by atoms with Gasteiger partial charge in [0.2, 0.25) is 5.91 Å². The van der Waals surface area contributed by atoms with Crippen LogP contribution < -0.4 is 0 Å². The Morgan fingerprint density at radius 1 is 1.29 bits per heavy atom. The van der Waals surface area contributed by atoms with Gasteiger partial charge in [-0.3, -0.25) is 9.78 Å². The fourth-order valence-electron chi connectivity index (χ4n) is 2.93. The highest BCUT2D eigenvalue weighted by molar-refractivity contribution is 5.87. The number of fused-ring (bicyclic) bond motifs is 1. The number of carbonyl (C=O) groups excluding carboxylic acids is 1. The lowest BCUT2D eigenvalue weighted by Crippen LogP contribution is -2.41. The molecule has 110 valence electrons. The molecule has 0 N–H and O–H groups in total. The van der Waals surface area contributed by atoms with Crippen molar-refractivity contribution in [3.8, 4) is 0 Å². The molecule has 1 aromatic heterocycles. The Kier molecular flexibility index (Phi) is 4.15. The topological polar surface area (TPSA) is 42.4 Å². The number of hydrogen-bond acceptors (Lipinski definition) is 3. The van der Waals surface area contributed by atoms with Gasteiger partial charge in [0.15, 0.2) is 0 Å². The third-order valence-electron chi connectivity index (χ3n) is 4.19. The molecular weight excluding hydrogens is 264 g/mol. The summed E-state index contributed by atoms with van der Waals surface area (Å²) in [7, 11) is 1.74. The number of amides is 1. The van der Waals surface area contributed by atoms with E-state index in [0.717, 1.165) is 42.4 Å². The molecule has 0 radical (unpaired) electrons. The van der Waals surface area contributed by atoms with E-state index in [1.807, 2.05) is 35.2 Å². The first-order valence-electron chi connectivity index (χ1n) is 7.41. The average Bonchev–Trinajstić information content (AvgIpc) is 2.55. The van der Waals surface area contributed by atoms with E-state index in [4.69, 9.17) is 4.74 Å². The minimum absolute atomic E-state index is 0.183. The maximum Gasteiger partial charge on any atom is 0.227 e. The third-order valence-corrected chi connectivity index (χ3v) is 4.19. The van der Waals surface area contributed by atoms with Gasteiger partial charge in [0.05, 0.1) is 18.0 Å². The summed E-state index contributed by atoms with van der Waals surface area (Å²) in [6.07, 6.45) is 4.35. The van der Waals surface area contributed by atoms with Crippen LogP contribution in [0.25, 0.3) is 10.9 Å². The maximum absolute atomic E-state index is 12.5. The van der Waals surface area contributed by atoms with Gasteiger partial charge in [0.25, 0.3) is 0 Å². The van der Waals surface area contributed by atoms with Crippen molar-refractivity contribution in [3.05, 3.63) is 42.1 Å². The molecule has 0 unspecified atom stereocenters. The second-order valence-electron chi connectivity index (χ2n) is 5.48. The van der Waals surface area contributed by atoms with Crippen LogP contribution in [0.1, 0.15) is 18.4 Å². The van der Waals surface area contributed by atoms with E-state index in [1.54, 1.807) is 13.3 Å². The van der Waals surface area contributed by atoms with E-state index in [-0.39, 0.29) is 5.91 Å². The second-order valence-corrected chi connectivity index (χ2v) is 5.48. The molecule has 1 aromatic carbocycles. The lowest BCUT2D eigenvalue weighted by Gasteiger charge is -2.31. The predicted molar refractivity (Wildman–Crippen MR) is 82.1 cm³/mol. The van der Waals surface area contributed by atoms with Gasteiger partial charge in [-0.05, 0) is 24.5 Å². The molecule has 1 aliphatic rings. The van der Waals surface area contributed by atoms with E-state index >= 15 is 0 Å². The van der Waals surface area contributed by atoms with Crippen molar-refractivity contribution in [2.45, 2.75) is 25.4 Å². The SMILES string of the molecule is COC1CCN(C(=O)Cc2cccc3cccnc23)CC1. The zero-order valence-electron chi connectivity index (χ0n) is 12.3. The van der Waals surface area contributed by atoms with Crippen LogP contribution in [0, 0.1) is 0 Å². The molecular formula is C17H20N2O2. The molecule has 4 heteroatoms. The van der Waals surface area contributed by atoms with Crippen molar-refractivity contribution < 1.29 is 9.53 Å². The zero-order valence-corrected chi connectivity index (χ0v) is 12.3. The number of carbonyl (C=O) groups is 1. The van der Waals surface area contributed by atoms with Gasteiger partial charge in [-0.15, -0.1) is 0 Å². The van der Waals surface area contributed by atoms with E-state index in [2.05, 4.69) is 4.98 Å². The standard InChI is InChI=1S/C17H20N2O2/c1-21-15-7-10-19(11-8-15)16(20)12-14-5-2-4-13-6-3-9-18-17(13)14/h2-6,9,15H,7-8,10-12H2,1H3. The number of benzene rings is 1. The largest absolute Gasteiger partial charge is 0.381 e. The summed E-state index contributed by atoms with van der Waals surface area (Å²) in [6.45, 7) is 1.57. The highest BCUT2D eigenvalue weighted by Crippen LogP contribution is 2.19. The van der Waals surface area contributed by atoms with Gasteiger partial charge in [-0.2, -0.15) is 0 Å². The Hall–Kier alpha value is -1.94. The fourth-order valence-corrected chi connectivity index (χ4v) is 2.93. The highest BCUT2D eigenvalue weighted by Gasteiger charge is 2.22. The second kappa shape index (κ2) is 6.22. The van der Waals surface area contributed by atoms with Crippen molar-refractivity contribution in [2.75, 3.05) is 20.2 Å². The van der Waals surface area contributed by atoms with Gasteiger partial charge in [-0.1, -0.05) is 24.3 Å². The Morgan fingerprint density at radius 2 is 2.05 bits per heavy atom. The number of methoxy groups -OCH3 is 1. The minimum atomic E-state index is 0.183. The van der Waals surface area contributed by atoms with Gasteiger partial charge in [-0.25, -0.2) is 0 Å². The number of hydrogen-bond donors (Lipinski definition) is 0. The maximum atomic E-state index is 12.5. The van der Waals surface area contributed by atoms with Crippen LogP contribution in [0.5, 0.6) is 0 Å². The molecule has 4 nitrogen and oxygen atoms in total. The molecule has 0 spiro atoms. The van der Waals surface area contributed by atoms with Gasteiger partial charge < -0.3 is 9.64 Å². The fraction of sp³-hybridized carbons (Fsp3) is 0.412. The number of para-hydroxylation sites is 1. The van der Waals surface area contributed by atoms with Gasteiger partial charge in [0, 0.05) is 31.8 Å². The zero-order chi connectivity index (χ0) is 14.7. The van der Waals surface area contributed by atoms with Gasteiger partial charge in [0.1, 0.15) is 0 Å². The van der Waals surface area contributed by atoms with Crippen LogP contribution in [-0.4, -0.2) is 42.1 Å². The number of likely N-dealkylation sites (tertiary alicyclic amines) is 1. The molecule has 0 atom stereocenters. The summed E-state index contributed by atoms with van der Waals surface area (Å²) < 4.78 is 5.35. The van der Waals surface area contributed by atoms with Crippen molar-refractivity contribution in [1.82, 2.24) is 9.88 Å². The number of pyridine rings is 1. The van der Waals surface area contributed by atoms with Crippen LogP contribution >= 0.6 is 0 Å². The van der Waals surface area contributed by atoms with Crippen LogP contribution in [0.15, 0.2) is 36.5 Å². The van der Waals surface area contributed by atoms with Gasteiger partial charge >= 0.3 is 0 Å². The summed E-state index contributed by atoms with van der Waals surface area (Å²) >= 11 is 0. The number of piperidine rings is 1. The molecule has 2 aromatic rings. The Morgan fingerprint density at radius 3 is 2.81 bits per heavy atom. The normalized spacial score (nSPS) is 16.3. The first-order chi connectivity index (χ1) is 10.3. The molecule has 0 saturated carbocycles. The highest BCUT2D eigenvalue weighted by atomic mass is 16.5. The number of nitrogens with zero attached hydrogens (tertiary/aromatic N) is 2. The summed E-state index contributed by atoms with van der Waals surface area (Å²) in [6, 6.07) is 9.96. The summed E-state index contributed by atoms with van der Waals surface area (Å²) in [5.74, 6) is 0.183. The van der Waals surface area contributed by atoms with Crippen molar-refractivity contribution in [2.24, 2.45) is 0 Å². The molecule has 1 fully saturated rings. The van der Waals surface area contributed by atoms with Crippen molar-refractivity contribution in [1.29, 1.82) is 0 Å². The van der Waals surface area contributed by atoms with E-state index in [1.165, 1.54) is 0 Å². The first-order valence-corrected chi connectivity index (χ1v) is 7.41. The van der Waals surface area contributed by atoms with Crippen LogP contribution in [-0.2, 0) is 16.0 Å². The number of aromatic nitrogens is 1. The minimum Gasteiger partial charge on any atom is -0.381 e. The van der Waals surface area contributed by atoms with Crippen LogP contribution in [0.3, 0.4) is 0 Å². The van der Waals surface area contributed by atoms with Crippen molar-refractivity contribution in [3.63, 3.8) is 0 Å².